The van der Waals surface area contributed by atoms with Crippen molar-refractivity contribution in [1.82, 2.24) is 15.0 Å². The van der Waals surface area contributed by atoms with E-state index in [4.69, 9.17) is 4.98 Å². The van der Waals surface area contributed by atoms with E-state index in [0.29, 0.717) is 17.7 Å². The highest BCUT2D eigenvalue weighted by molar-refractivity contribution is 5.64. The van der Waals surface area contributed by atoms with Crippen LogP contribution in [-0.2, 0) is 19.4 Å². The van der Waals surface area contributed by atoms with Gasteiger partial charge < -0.3 is 10.2 Å². The van der Waals surface area contributed by atoms with Gasteiger partial charge in [0.1, 0.15) is 5.82 Å². The number of para-hydroxylation sites is 1. The van der Waals surface area contributed by atoms with E-state index >= 15 is 0 Å². The molecule has 28 heavy (non-hydrogen) atoms. The average molecular weight is 376 g/mol. The fourth-order valence-electron chi connectivity index (χ4n) is 3.31. The van der Waals surface area contributed by atoms with Crippen molar-refractivity contribution in [2.45, 2.75) is 47.1 Å². The first-order valence-electron chi connectivity index (χ1n) is 10.0. The summed E-state index contributed by atoms with van der Waals surface area (Å²) >= 11 is 0. The molecule has 3 aromatic rings. The van der Waals surface area contributed by atoms with Gasteiger partial charge >= 0.3 is 0 Å². The minimum atomic E-state index is 0.601. The lowest BCUT2D eigenvalue weighted by atomic mass is 10.0. The molecular formula is C23H29N5. The standard InChI is InChI=1S/C23H29N5/c1-5-19-14-11-15-20(6-2)21(19)26-22-24-17(4)25-23(27-22)28(7-3)16-18-12-9-8-10-13-18/h8-15H,5-7,16H2,1-4H3,(H,24,25,26,27). The van der Waals surface area contributed by atoms with Gasteiger partial charge in [-0.2, -0.15) is 15.0 Å². The first-order chi connectivity index (χ1) is 13.6. The molecule has 5 heteroatoms. The maximum Gasteiger partial charge on any atom is 0.232 e. The van der Waals surface area contributed by atoms with E-state index in [2.05, 4.69) is 83.4 Å². The molecular weight excluding hydrogens is 346 g/mol. The molecule has 0 saturated carbocycles. The lowest BCUT2D eigenvalue weighted by molar-refractivity contribution is 0.778. The van der Waals surface area contributed by atoms with Gasteiger partial charge in [0.25, 0.3) is 0 Å². The number of hydrogen-bond acceptors (Lipinski definition) is 5. The number of nitrogens with one attached hydrogen (secondary N) is 1. The summed E-state index contributed by atoms with van der Waals surface area (Å²) in [5.74, 6) is 2.02. The summed E-state index contributed by atoms with van der Waals surface area (Å²) in [5.41, 5.74) is 4.91. The van der Waals surface area contributed by atoms with Crippen LogP contribution in [-0.4, -0.2) is 21.5 Å². The Hall–Kier alpha value is -2.95. The molecule has 0 fully saturated rings. The van der Waals surface area contributed by atoms with E-state index < -0.39 is 0 Å². The van der Waals surface area contributed by atoms with E-state index in [1.165, 1.54) is 16.7 Å². The summed E-state index contributed by atoms with van der Waals surface area (Å²) in [5, 5.41) is 3.48. The summed E-state index contributed by atoms with van der Waals surface area (Å²) in [7, 11) is 0. The summed E-state index contributed by atoms with van der Waals surface area (Å²) in [6.07, 6.45) is 1.92. The predicted octanol–water partition coefficient (Wildman–Crippen LogP) is 5.07. The number of aryl methyl sites for hydroxylation is 3. The minimum absolute atomic E-state index is 0.601. The van der Waals surface area contributed by atoms with Gasteiger partial charge in [-0.15, -0.1) is 0 Å². The highest BCUT2D eigenvalue weighted by Crippen LogP contribution is 2.26. The van der Waals surface area contributed by atoms with E-state index in [1.54, 1.807) is 0 Å². The number of rotatable bonds is 8. The second-order valence-electron chi connectivity index (χ2n) is 6.79. The Morgan fingerprint density at radius 1 is 0.821 bits per heavy atom. The molecule has 0 bridgehead atoms. The van der Waals surface area contributed by atoms with Crippen LogP contribution in [0.15, 0.2) is 48.5 Å². The second-order valence-corrected chi connectivity index (χ2v) is 6.79. The van der Waals surface area contributed by atoms with Gasteiger partial charge in [0.05, 0.1) is 0 Å². The molecule has 0 aliphatic heterocycles. The van der Waals surface area contributed by atoms with E-state index in [-0.39, 0.29) is 0 Å². The zero-order valence-corrected chi connectivity index (χ0v) is 17.2. The molecule has 1 aromatic heterocycles. The molecule has 0 aliphatic carbocycles. The van der Waals surface area contributed by atoms with E-state index in [1.807, 2.05) is 13.0 Å². The zero-order valence-electron chi connectivity index (χ0n) is 17.2. The number of hydrogen-bond donors (Lipinski definition) is 1. The fourth-order valence-corrected chi connectivity index (χ4v) is 3.31. The summed E-state index contributed by atoms with van der Waals surface area (Å²) in [6.45, 7) is 9.97. The largest absolute Gasteiger partial charge is 0.337 e. The smallest absolute Gasteiger partial charge is 0.232 e. The van der Waals surface area contributed by atoms with Crippen LogP contribution in [0.1, 0.15) is 43.3 Å². The van der Waals surface area contributed by atoms with Crippen molar-refractivity contribution in [3.63, 3.8) is 0 Å². The maximum absolute atomic E-state index is 4.74. The first-order valence-corrected chi connectivity index (χ1v) is 10.0. The molecule has 0 amide bonds. The number of aromatic nitrogens is 3. The van der Waals surface area contributed by atoms with Gasteiger partial charge in [-0.25, -0.2) is 0 Å². The summed E-state index contributed by atoms with van der Waals surface area (Å²) in [6, 6.07) is 16.8. The van der Waals surface area contributed by atoms with Gasteiger partial charge in [0.15, 0.2) is 0 Å². The lowest BCUT2D eigenvalue weighted by Gasteiger charge is -2.22. The maximum atomic E-state index is 4.74. The molecule has 0 radical (unpaired) electrons. The topological polar surface area (TPSA) is 53.9 Å². The molecule has 2 aromatic carbocycles. The Labute approximate surface area is 167 Å². The van der Waals surface area contributed by atoms with Crippen LogP contribution < -0.4 is 10.2 Å². The number of anilines is 3. The zero-order chi connectivity index (χ0) is 19.9. The Bertz CT molecular complexity index is 886. The molecule has 0 spiro atoms. The van der Waals surface area contributed by atoms with Crippen LogP contribution >= 0.6 is 0 Å². The van der Waals surface area contributed by atoms with E-state index in [0.717, 1.165) is 31.6 Å². The molecule has 146 valence electrons. The Morgan fingerprint density at radius 3 is 2.11 bits per heavy atom. The molecule has 1 N–H and O–H groups in total. The monoisotopic (exact) mass is 375 g/mol. The molecule has 0 atom stereocenters. The minimum Gasteiger partial charge on any atom is -0.337 e. The van der Waals surface area contributed by atoms with Crippen LogP contribution in [0.5, 0.6) is 0 Å². The van der Waals surface area contributed by atoms with Crippen LogP contribution in [0.25, 0.3) is 0 Å². The van der Waals surface area contributed by atoms with Crippen molar-refractivity contribution in [3.05, 3.63) is 71.0 Å². The van der Waals surface area contributed by atoms with E-state index in [9.17, 15) is 0 Å². The fraction of sp³-hybridized carbons (Fsp3) is 0.348. The average Bonchev–Trinajstić information content (AvgIpc) is 2.72. The molecule has 0 unspecified atom stereocenters. The Balaban J connectivity index is 1.91. The summed E-state index contributed by atoms with van der Waals surface area (Å²) < 4.78 is 0. The summed E-state index contributed by atoms with van der Waals surface area (Å²) in [4.78, 5) is 16.0. The quantitative estimate of drug-likeness (QED) is 0.595. The Morgan fingerprint density at radius 2 is 1.50 bits per heavy atom. The van der Waals surface area contributed by atoms with Crippen molar-refractivity contribution in [3.8, 4) is 0 Å². The van der Waals surface area contributed by atoms with Gasteiger partial charge in [0, 0.05) is 18.8 Å². The van der Waals surface area contributed by atoms with Gasteiger partial charge in [-0.1, -0.05) is 62.4 Å². The van der Waals surface area contributed by atoms with Crippen LogP contribution in [0.4, 0.5) is 17.6 Å². The third kappa shape index (κ3) is 4.66. The molecule has 3 rings (SSSR count). The predicted molar refractivity (Wildman–Crippen MR) is 116 cm³/mol. The first kappa shape index (κ1) is 19.8. The van der Waals surface area contributed by atoms with Gasteiger partial charge in [-0.3, -0.25) is 0 Å². The van der Waals surface area contributed by atoms with Crippen molar-refractivity contribution < 1.29 is 0 Å². The van der Waals surface area contributed by atoms with Crippen molar-refractivity contribution in [2.24, 2.45) is 0 Å². The Kier molecular flexibility index (Phi) is 6.58. The third-order valence-electron chi connectivity index (χ3n) is 4.85. The van der Waals surface area contributed by atoms with Crippen molar-refractivity contribution in [2.75, 3.05) is 16.8 Å². The lowest BCUT2D eigenvalue weighted by Crippen LogP contribution is -2.25. The molecule has 5 nitrogen and oxygen atoms in total. The molecule has 0 saturated heterocycles. The SMILES string of the molecule is CCc1cccc(CC)c1Nc1nc(C)nc(N(CC)Cc2ccccc2)n1. The van der Waals surface area contributed by atoms with Gasteiger partial charge in [0.2, 0.25) is 11.9 Å². The van der Waals surface area contributed by atoms with Crippen molar-refractivity contribution in [1.29, 1.82) is 0 Å². The van der Waals surface area contributed by atoms with Crippen molar-refractivity contribution >= 4 is 17.6 Å². The molecule has 0 aliphatic rings. The highest BCUT2D eigenvalue weighted by atomic mass is 15.3. The number of nitrogens with zero attached hydrogens (tertiary/aromatic N) is 4. The van der Waals surface area contributed by atoms with Gasteiger partial charge in [-0.05, 0) is 43.4 Å². The van der Waals surface area contributed by atoms with Crippen LogP contribution in [0.3, 0.4) is 0 Å². The van der Waals surface area contributed by atoms with Crippen LogP contribution in [0, 0.1) is 6.92 Å². The third-order valence-corrected chi connectivity index (χ3v) is 4.85. The molecule has 1 heterocycles. The highest BCUT2D eigenvalue weighted by Gasteiger charge is 2.14. The van der Waals surface area contributed by atoms with Crippen LogP contribution in [0.2, 0.25) is 0 Å². The second kappa shape index (κ2) is 9.31. The normalized spacial score (nSPS) is 10.7. The number of benzene rings is 2.